The lowest BCUT2D eigenvalue weighted by Gasteiger charge is -2.03. The molecule has 0 aliphatic carbocycles. The number of amides is 2. The van der Waals surface area contributed by atoms with Gasteiger partial charge in [0.1, 0.15) is 11.5 Å². The number of nitrogens with zero attached hydrogens (tertiary/aromatic N) is 5. The SMILES string of the molecule is CCC(=O)Cc1nc2n(c1O)/C(=N/C(=O)Nc1ccc(Cl)cc1)N=N2. The van der Waals surface area contributed by atoms with Crippen LogP contribution in [-0.2, 0) is 11.2 Å². The van der Waals surface area contributed by atoms with Crippen molar-refractivity contribution in [3.05, 3.63) is 35.0 Å². The summed E-state index contributed by atoms with van der Waals surface area (Å²) in [6.07, 6.45) is 0.301. The Balaban J connectivity index is 1.80. The first-order valence-electron chi connectivity index (χ1n) is 7.37. The molecule has 2 aromatic rings. The first kappa shape index (κ1) is 16.8. The first-order chi connectivity index (χ1) is 12.0. The number of benzene rings is 1. The van der Waals surface area contributed by atoms with E-state index in [9.17, 15) is 14.7 Å². The van der Waals surface area contributed by atoms with Crippen molar-refractivity contribution in [1.29, 1.82) is 0 Å². The number of Topliss-reactive ketones (excluding diaryl/α,β-unsaturated/α-hetero) is 1. The van der Waals surface area contributed by atoms with Crippen molar-refractivity contribution in [2.24, 2.45) is 15.2 Å². The van der Waals surface area contributed by atoms with Crippen LogP contribution < -0.4 is 5.32 Å². The van der Waals surface area contributed by atoms with Gasteiger partial charge in [-0.25, -0.2) is 14.3 Å². The normalized spacial score (nSPS) is 13.9. The molecule has 0 fully saturated rings. The van der Waals surface area contributed by atoms with E-state index in [1.165, 1.54) is 0 Å². The number of urea groups is 1. The maximum absolute atomic E-state index is 12.0. The van der Waals surface area contributed by atoms with Gasteiger partial charge in [-0.1, -0.05) is 18.5 Å². The Morgan fingerprint density at radius 3 is 2.68 bits per heavy atom. The summed E-state index contributed by atoms with van der Waals surface area (Å²) >= 11 is 5.78. The Morgan fingerprint density at radius 2 is 2.00 bits per heavy atom. The lowest BCUT2D eigenvalue weighted by molar-refractivity contribution is -0.118. The van der Waals surface area contributed by atoms with Gasteiger partial charge in [0, 0.05) is 17.1 Å². The number of aromatic nitrogens is 2. The number of anilines is 1. The number of imidazole rings is 1. The molecule has 0 saturated carbocycles. The summed E-state index contributed by atoms with van der Waals surface area (Å²) < 4.78 is 1.11. The van der Waals surface area contributed by atoms with Crippen molar-refractivity contribution >= 4 is 41.0 Å². The van der Waals surface area contributed by atoms with E-state index in [-0.39, 0.29) is 35.7 Å². The van der Waals surface area contributed by atoms with Crippen molar-refractivity contribution in [3.8, 4) is 5.88 Å². The number of hydrogen-bond acceptors (Lipinski definition) is 5. The molecule has 1 aliphatic heterocycles. The Hall–Kier alpha value is -3.07. The van der Waals surface area contributed by atoms with Crippen molar-refractivity contribution < 1.29 is 14.7 Å². The van der Waals surface area contributed by atoms with Crippen LogP contribution in [0.5, 0.6) is 5.88 Å². The molecule has 2 heterocycles. The van der Waals surface area contributed by atoms with Gasteiger partial charge in [0.05, 0.1) is 6.42 Å². The predicted octanol–water partition coefficient (Wildman–Crippen LogP) is 3.30. The predicted molar refractivity (Wildman–Crippen MR) is 90.7 cm³/mol. The zero-order valence-electron chi connectivity index (χ0n) is 13.1. The lowest BCUT2D eigenvalue weighted by Crippen LogP contribution is -2.13. The van der Waals surface area contributed by atoms with Crippen molar-refractivity contribution in [2.45, 2.75) is 19.8 Å². The van der Waals surface area contributed by atoms with Crippen LogP contribution in [0.1, 0.15) is 19.0 Å². The zero-order chi connectivity index (χ0) is 18.0. The van der Waals surface area contributed by atoms with Gasteiger partial charge in [0.25, 0.3) is 11.9 Å². The number of rotatable bonds is 4. The fourth-order valence-corrected chi connectivity index (χ4v) is 2.23. The van der Waals surface area contributed by atoms with Crippen LogP contribution >= 0.6 is 11.6 Å². The zero-order valence-corrected chi connectivity index (χ0v) is 13.9. The maximum Gasteiger partial charge on any atom is 0.348 e. The van der Waals surface area contributed by atoms with E-state index in [1.807, 2.05) is 0 Å². The molecule has 1 aromatic heterocycles. The van der Waals surface area contributed by atoms with Crippen molar-refractivity contribution in [3.63, 3.8) is 0 Å². The first-order valence-corrected chi connectivity index (χ1v) is 7.75. The van der Waals surface area contributed by atoms with E-state index < -0.39 is 6.03 Å². The van der Waals surface area contributed by atoms with Gasteiger partial charge in [0.15, 0.2) is 0 Å². The fraction of sp³-hybridized carbons (Fsp3) is 0.200. The van der Waals surface area contributed by atoms with E-state index in [0.29, 0.717) is 17.1 Å². The number of nitrogens with one attached hydrogen (secondary N) is 1. The molecular formula is C15H13ClN6O3. The quantitative estimate of drug-likeness (QED) is 0.868. The van der Waals surface area contributed by atoms with Crippen LogP contribution in [0.2, 0.25) is 5.02 Å². The average molecular weight is 361 g/mol. The van der Waals surface area contributed by atoms with Gasteiger partial charge >= 0.3 is 6.03 Å². The number of fused-ring (bicyclic) bond motifs is 1. The Labute approximate surface area is 147 Å². The highest BCUT2D eigenvalue weighted by Gasteiger charge is 2.26. The van der Waals surface area contributed by atoms with E-state index >= 15 is 0 Å². The van der Waals surface area contributed by atoms with Gasteiger partial charge in [-0.05, 0) is 24.3 Å². The van der Waals surface area contributed by atoms with Gasteiger partial charge in [-0.2, -0.15) is 4.99 Å². The number of azo groups is 1. The van der Waals surface area contributed by atoms with Crippen molar-refractivity contribution in [2.75, 3.05) is 5.32 Å². The minimum absolute atomic E-state index is 0.0257. The summed E-state index contributed by atoms with van der Waals surface area (Å²) in [6, 6.07) is 5.77. The third kappa shape index (κ3) is 3.56. The minimum atomic E-state index is -0.705. The molecule has 0 unspecified atom stereocenters. The molecule has 2 amide bonds. The highest BCUT2D eigenvalue weighted by Crippen LogP contribution is 2.29. The Bertz CT molecular complexity index is 901. The summed E-state index contributed by atoms with van der Waals surface area (Å²) in [6.45, 7) is 1.72. The monoisotopic (exact) mass is 360 g/mol. The second kappa shape index (κ2) is 6.81. The average Bonchev–Trinajstić information content (AvgIpc) is 3.11. The van der Waals surface area contributed by atoms with Gasteiger partial charge in [-0.3, -0.25) is 4.79 Å². The van der Waals surface area contributed by atoms with Crippen LogP contribution in [0.15, 0.2) is 39.5 Å². The number of halogens is 1. The smallest absolute Gasteiger partial charge is 0.348 e. The number of ketones is 1. The minimum Gasteiger partial charge on any atom is -0.493 e. The summed E-state index contributed by atoms with van der Waals surface area (Å²) in [5, 5.41) is 20.7. The third-order valence-corrected chi connectivity index (χ3v) is 3.64. The van der Waals surface area contributed by atoms with E-state index in [1.54, 1.807) is 31.2 Å². The Kier molecular flexibility index (Phi) is 4.57. The highest BCUT2D eigenvalue weighted by atomic mass is 35.5. The second-order valence-corrected chi connectivity index (χ2v) is 5.57. The fourth-order valence-electron chi connectivity index (χ4n) is 2.11. The molecular weight excluding hydrogens is 348 g/mol. The number of carbonyl (C=O) groups excluding carboxylic acids is 2. The molecule has 3 rings (SSSR count). The number of carbonyl (C=O) groups is 2. The van der Waals surface area contributed by atoms with Gasteiger partial charge in [0.2, 0.25) is 5.88 Å². The molecule has 1 aromatic carbocycles. The summed E-state index contributed by atoms with van der Waals surface area (Å²) in [5.74, 6) is -0.459. The molecule has 0 spiro atoms. The van der Waals surface area contributed by atoms with Crippen LogP contribution in [0.4, 0.5) is 16.4 Å². The van der Waals surface area contributed by atoms with Crippen LogP contribution in [0.25, 0.3) is 0 Å². The molecule has 10 heteroatoms. The van der Waals surface area contributed by atoms with Crippen LogP contribution in [0, 0.1) is 0 Å². The number of hydrogen-bond donors (Lipinski definition) is 2. The van der Waals surface area contributed by atoms with E-state index in [2.05, 4.69) is 25.5 Å². The van der Waals surface area contributed by atoms with Crippen molar-refractivity contribution in [1.82, 2.24) is 9.55 Å². The number of aliphatic imine (C=N–C) groups is 1. The summed E-state index contributed by atoms with van der Waals surface area (Å²) in [5.41, 5.74) is 0.671. The van der Waals surface area contributed by atoms with Gasteiger partial charge in [-0.15, -0.1) is 10.2 Å². The van der Waals surface area contributed by atoms with E-state index in [0.717, 1.165) is 4.57 Å². The molecule has 2 N–H and O–H groups in total. The van der Waals surface area contributed by atoms with Crippen LogP contribution in [-0.4, -0.2) is 32.4 Å². The number of aromatic hydroxyl groups is 1. The Morgan fingerprint density at radius 1 is 1.28 bits per heavy atom. The molecule has 9 nitrogen and oxygen atoms in total. The molecule has 128 valence electrons. The molecule has 0 bridgehead atoms. The maximum atomic E-state index is 12.0. The third-order valence-electron chi connectivity index (χ3n) is 3.39. The largest absolute Gasteiger partial charge is 0.493 e. The standard InChI is InChI=1S/C15H13ClN6O3/c1-2-10(23)7-11-12(24)22-13(18-11)20-21-14(22)19-15(25)17-9-5-3-8(16)4-6-9/h3-6,24H,2,7H2,1H3,(H,17,25)/b19-14+. The topological polar surface area (TPSA) is 121 Å². The second-order valence-electron chi connectivity index (χ2n) is 5.14. The molecule has 0 radical (unpaired) electrons. The summed E-state index contributed by atoms with van der Waals surface area (Å²) in [4.78, 5) is 31.3. The van der Waals surface area contributed by atoms with E-state index in [4.69, 9.17) is 11.6 Å². The lowest BCUT2D eigenvalue weighted by atomic mass is 10.2. The molecule has 0 saturated heterocycles. The van der Waals surface area contributed by atoms with Crippen LogP contribution in [0.3, 0.4) is 0 Å². The molecule has 0 atom stereocenters. The molecule has 1 aliphatic rings. The molecule has 25 heavy (non-hydrogen) atoms. The summed E-state index contributed by atoms with van der Waals surface area (Å²) in [7, 11) is 0. The highest BCUT2D eigenvalue weighted by molar-refractivity contribution is 6.30. The van der Waals surface area contributed by atoms with Gasteiger partial charge < -0.3 is 10.4 Å².